The Kier molecular flexibility index (Phi) is 6.61. The predicted octanol–water partition coefficient (Wildman–Crippen LogP) is 7.90. The van der Waals surface area contributed by atoms with Gasteiger partial charge in [0.1, 0.15) is 5.78 Å². The van der Waals surface area contributed by atoms with Crippen LogP contribution in [0.25, 0.3) is 22.3 Å². The van der Waals surface area contributed by atoms with Crippen molar-refractivity contribution in [2.45, 2.75) is 12.8 Å². The summed E-state index contributed by atoms with van der Waals surface area (Å²) in [6.07, 6.45) is 0.835. The van der Waals surface area contributed by atoms with Crippen LogP contribution in [0, 0.1) is 0 Å². The molecule has 0 atom stereocenters. The Balaban J connectivity index is 1.57. The molecule has 0 aromatic heterocycles. The molecule has 4 aromatic rings. The van der Waals surface area contributed by atoms with E-state index in [1.807, 2.05) is 48.5 Å². The summed E-state index contributed by atoms with van der Waals surface area (Å²) in [6.45, 7) is 0. The minimum atomic E-state index is 0.212. The zero-order chi connectivity index (χ0) is 20.9. The Labute approximate surface area is 194 Å². The second kappa shape index (κ2) is 9.55. The van der Waals surface area contributed by atoms with Crippen LogP contribution in [0.15, 0.2) is 106 Å². The Morgan fingerprint density at radius 3 is 1.30 bits per heavy atom. The molecule has 4 aromatic carbocycles. The summed E-state index contributed by atoms with van der Waals surface area (Å²) in [5.41, 5.74) is 6.59. The first kappa shape index (κ1) is 20.8. The highest BCUT2D eigenvalue weighted by Crippen LogP contribution is 2.28. The molecule has 3 heteroatoms. The Morgan fingerprint density at radius 2 is 0.900 bits per heavy atom. The Morgan fingerprint density at radius 1 is 0.533 bits per heavy atom. The molecule has 0 bridgehead atoms. The van der Waals surface area contributed by atoms with Crippen molar-refractivity contribution in [3.05, 3.63) is 117 Å². The van der Waals surface area contributed by atoms with E-state index in [4.69, 9.17) is 0 Å². The lowest BCUT2D eigenvalue weighted by atomic mass is 9.92. The van der Waals surface area contributed by atoms with Gasteiger partial charge in [0.2, 0.25) is 0 Å². The molecule has 0 saturated heterocycles. The number of hydrogen-bond donors (Lipinski definition) is 0. The van der Waals surface area contributed by atoms with Crippen molar-refractivity contribution in [2.24, 2.45) is 0 Å². The van der Waals surface area contributed by atoms with Crippen LogP contribution in [0.3, 0.4) is 0 Å². The zero-order valence-corrected chi connectivity index (χ0v) is 19.5. The van der Waals surface area contributed by atoms with Gasteiger partial charge < -0.3 is 0 Å². The molecule has 0 radical (unpaired) electrons. The number of Topliss-reactive ketones (excluding diaryl/α,β-unsaturated/α-hetero) is 1. The van der Waals surface area contributed by atoms with Crippen LogP contribution in [0.4, 0.5) is 0 Å². The second-order valence-electron chi connectivity index (χ2n) is 7.22. The smallest absolute Gasteiger partial charge is 0.141 e. The van der Waals surface area contributed by atoms with E-state index in [9.17, 15) is 4.79 Å². The summed E-state index contributed by atoms with van der Waals surface area (Å²) in [4.78, 5) is 13.0. The lowest BCUT2D eigenvalue weighted by Crippen LogP contribution is -2.08. The number of benzene rings is 4. The third kappa shape index (κ3) is 4.97. The number of carbonyl (C=O) groups is 1. The van der Waals surface area contributed by atoms with Gasteiger partial charge in [-0.15, -0.1) is 0 Å². The highest BCUT2D eigenvalue weighted by Gasteiger charge is 2.13. The molecule has 1 nitrogen and oxygen atoms in total. The van der Waals surface area contributed by atoms with Gasteiger partial charge in [0.05, 0.1) is 0 Å². The summed E-state index contributed by atoms with van der Waals surface area (Å²) in [5.74, 6) is 0.212. The van der Waals surface area contributed by atoms with E-state index >= 15 is 0 Å². The SMILES string of the molecule is O=C(Cc1ccccc1-c1ccc(Br)cc1)Cc1ccccc1-c1ccc(Br)cc1. The summed E-state index contributed by atoms with van der Waals surface area (Å²) < 4.78 is 2.09. The lowest BCUT2D eigenvalue weighted by Gasteiger charge is -2.12. The molecular formula is C27H20Br2O. The van der Waals surface area contributed by atoms with Gasteiger partial charge in [-0.05, 0) is 57.6 Å². The first-order chi connectivity index (χ1) is 14.6. The molecule has 0 N–H and O–H groups in total. The van der Waals surface area contributed by atoms with E-state index in [1.165, 1.54) is 0 Å². The standard InChI is InChI=1S/C27H20Br2O/c28-23-13-9-19(10-14-23)26-7-3-1-5-21(26)17-25(30)18-22-6-2-4-8-27(22)20-11-15-24(29)16-12-20/h1-16H,17-18H2. The molecule has 0 aliphatic rings. The van der Waals surface area contributed by atoms with Gasteiger partial charge in [-0.3, -0.25) is 4.79 Å². The fraction of sp³-hybridized carbons (Fsp3) is 0.0741. The molecule has 0 aliphatic heterocycles. The normalized spacial score (nSPS) is 10.7. The van der Waals surface area contributed by atoms with Crippen molar-refractivity contribution in [2.75, 3.05) is 0 Å². The highest BCUT2D eigenvalue weighted by molar-refractivity contribution is 9.10. The largest absolute Gasteiger partial charge is 0.299 e. The molecule has 30 heavy (non-hydrogen) atoms. The van der Waals surface area contributed by atoms with Gasteiger partial charge in [0.15, 0.2) is 0 Å². The van der Waals surface area contributed by atoms with Gasteiger partial charge in [-0.25, -0.2) is 0 Å². The van der Waals surface area contributed by atoms with Crippen molar-refractivity contribution < 1.29 is 4.79 Å². The number of carbonyl (C=O) groups excluding carboxylic acids is 1. The maximum Gasteiger partial charge on any atom is 0.141 e. The highest BCUT2D eigenvalue weighted by atomic mass is 79.9. The van der Waals surface area contributed by atoms with Crippen molar-refractivity contribution in [1.82, 2.24) is 0 Å². The van der Waals surface area contributed by atoms with E-state index < -0.39 is 0 Å². The fourth-order valence-corrected chi connectivity index (χ4v) is 4.19. The molecule has 148 valence electrons. The van der Waals surface area contributed by atoms with Crippen molar-refractivity contribution in [3.8, 4) is 22.3 Å². The van der Waals surface area contributed by atoms with Gasteiger partial charge >= 0.3 is 0 Å². The quantitative estimate of drug-likeness (QED) is 0.253. The average molecular weight is 520 g/mol. The molecule has 0 fully saturated rings. The lowest BCUT2D eigenvalue weighted by molar-refractivity contribution is -0.117. The van der Waals surface area contributed by atoms with Crippen LogP contribution in [0.1, 0.15) is 11.1 Å². The number of rotatable bonds is 6. The monoisotopic (exact) mass is 518 g/mol. The average Bonchev–Trinajstić information content (AvgIpc) is 2.76. The fourth-order valence-electron chi connectivity index (χ4n) is 3.66. The van der Waals surface area contributed by atoms with Gasteiger partial charge in [0, 0.05) is 21.8 Å². The van der Waals surface area contributed by atoms with Crippen LogP contribution in [0.5, 0.6) is 0 Å². The minimum Gasteiger partial charge on any atom is -0.299 e. The first-order valence-electron chi connectivity index (χ1n) is 9.79. The summed E-state index contributed by atoms with van der Waals surface area (Å²) >= 11 is 6.97. The molecular weight excluding hydrogens is 500 g/mol. The molecule has 4 rings (SSSR count). The maximum atomic E-state index is 13.0. The van der Waals surface area contributed by atoms with E-state index in [-0.39, 0.29) is 5.78 Å². The predicted molar refractivity (Wildman–Crippen MR) is 132 cm³/mol. The second-order valence-corrected chi connectivity index (χ2v) is 9.05. The summed E-state index contributed by atoms with van der Waals surface area (Å²) in [7, 11) is 0. The number of halogens is 2. The molecule has 0 amide bonds. The van der Waals surface area contributed by atoms with Crippen molar-refractivity contribution >= 4 is 37.6 Å². The minimum absolute atomic E-state index is 0.212. The molecule has 0 aliphatic carbocycles. The Hall–Kier alpha value is -2.49. The number of ketones is 1. The van der Waals surface area contributed by atoms with Crippen LogP contribution < -0.4 is 0 Å². The van der Waals surface area contributed by atoms with Crippen LogP contribution in [0.2, 0.25) is 0 Å². The van der Waals surface area contributed by atoms with Crippen molar-refractivity contribution in [3.63, 3.8) is 0 Å². The van der Waals surface area contributed by atoms with Crippen molar-refractivity contribution in [1.29, 1.82) is 0 Å². The zero-order valence-electron chi connectivity index (χ0n) is 16.3. The van der Waals surface area contributed by atoms with Gasteiger partial charge in [-0.1, -0.05) is 105 Å². The third-order valence-corrected chi connectivity index (χ3v) is 6.18. The topological polar surface area (TPSA) is 17.1 Å². The van der Waals surface area contributed by atoms with Crippen LogP contribution in [-0.4, -0.2) is 5.78 Å². The van der Waals surface area contributed by atoms with E-state index in [1.54, 1.807) is 0 Å². The van der Waals surface area contributed by atoms with E-state index in [0.717, 1.165) is 42.3 Å². The Bertz CT molecular complexity index is 1070. The van der Waals surface area contributed by atoms with Gasteiger partial charge in [-0.2, -0.15) is 0 Å². The summed E-state index contributed by atoms with van der Waals surface area (Å²) in [5, 5.41) is 0. The van der Waals surface area contributed by atoms with Crippen LogP contribution >= 0.6 is 31.9 Å². The molecule has 0 unspecified atom stereocenters. The molecule has 0 saturated carbocycles. The maximum absolute atomic E-state index is 13.0. The third-order valence-electron chi connectivity index (χ3n) is 5.12. The van der Waals surface area contributed by atoms with E-state index in [0.29, 0.717) is 12.8 Å². The molecule has 0 spiro atoms. The molecule has 0 heterocycles. The summed E-state index contributed by atoms with van der Waals surface area (Å²) in [6, 6.07) is 32.8. The van der Waals surface area contributed by atoms with Crippen LogP contribution in [-0.2, 0) is 17.6 Å². The number of hydrogen-bond acceptors (Lipinski definition) is 1. The van der Waals surface area contributed by atoms with Gasteiger partial charge in [0.25, 0.3) is 0 Å². The first-order valence-corrected chi connectivity index (χ1v) is 11.4. The van der Waals surface area contributed by atoms with E-state index in [2.05, 4.69) is 80.4 Å².